The standard InChI is InChI=1S/C19H23N3/c20-11-14-6-7-16-17(10-14)19-12-21-8-9-22(19)13-18(16)15-4-2-1-3-5-15/h1-7,10,18-19,21H,8-9,11-13,20H2/t18-,19-/m1/s1. The van der Waals surface area contributed by atoms with Crippen LogP contribution in [0.5, 0.6) is 0 Å². The Hall–Kier alpha value is -1.68. The summed E-state index contributed by atoms with van der Waals surface area (Å²) in [7, 11) is 0. The van der Waals surface area contributed by atoms with Crippen molar-refractivity contribution in [3.05, 3.63) is 70.8 Å². The van der Waals surface area contributed by atoms with Crippen molar-refractivity contribution in [1.29, 1.82) is 0 Å². The van der Waals surface area contributed by atoms with Crippen LogP contribution in [0.1, 0.15) is 34.2 Å². The summed E-state index contributed by atoms with van der Waals surface area (Å²) in [6.07, 6.45) is 0. The van der Waals surface area contributed by atoms with Gasteiger partial charge < -0.3 is 11.1 Å². The number of fused-ring (bicyclic) bond motifs is 3. The first-order valence-corrected chi connectivity index (χ1v) is 8.19. The highest BCUT2D eigenvalue weighted by Crippen LogP contribution is 2.40. The maximum Gasteiger partial charge on any atom is 0.0476 e. The van der Waals surface area contributed by atoms with Crippen molar-refractivity contribution in [3.8, 4) is 0 Å². The minimum atomic E-state index is 0.470. The summed E-state index contributed by atoms with van der Waals surface area (Å²) < 4.78 is 0. The molecule has 3 heteroatoms. The van der Waals surface area contributed by atoms with Crippen molar-refractivity contribution in [2.24, 2.45) is 5.73 Å². The normalized spacial score (nSPS) is 24.6. The molecule has 0 amide bonds. The molecule has 0 aromatic heterocycles. The average molecular weight is 293 g/mol. The number of hydrogen-bond donors (Lipinski definition) is 2. The van der Waals surface area contributed by atoms with Crippen LogP contribution in [0, 0.1) is 0 Å². The van der Waals surface area contributed by atoms with Crippen LogP contribution in [0.4, 0.5) is 0 Å². The van der Waals surface area contributed by atoms with Crippen LogP contribution < -0.4 is 11.1 Å². The molecule has 4 rings (SSSR count). The zero-order valence-corrected chi connectivity index (χ0v) is 12.8. The van der Waals surface area contributed by atoms with Crippen molar-refractivity contribution in [2.45, 2.75) is 18.5 Å². The highest BCUT2D eigenvalue weighted by Gasteiger charge is 2.35. The van der Waals surface area contributed by atoms with Crippen LogP contribution >= 0.6 is 0 Å². The number of piperazine rings is 1. The lowest BCUT2D eigenvalue weighted by Gasteiger charge is -2.44. The molecule has 0 radical (unpaired) electrons. The predicted molar refractivity (Wildman–Crippen MR) is 89.8 cm³/mol. The van der Waals surface area contributed by atoms with E-state index in [1.807, 2.05) is 0 Å². The first-order valence-electron chi connectivity index (χ1n) is 8.19. The number of rotatable bonds is 2. The molecule has 1 saturated heterocycles. The van der Waals surface area contributed by atoms with Crippen LogP contribution in [0.2, 0.25) is 0 Å². The second-order valence-electron chi connectivity index (χ2n) is 6.35. The van der Waals surface area contributed by atoms with E-state index >= 15 is 0 Å². The molecule has 2 aliphatic rings. The van der Waals surface area contributed by atoms with E-state index in [9.17, 15) is 0 Å². The zero-order valence-electron chi connectivity index (χ0n) is 12.8. The van der Waals surface area contributed by atoms with Gasteiger partial charge in [0.1, 0.15) is 0 Å². The highest BCUT2D eigenvalue weighted by atomic mass is 15.2. The number of benzene rings is 2. The van der Waals surface area contributed by atoms with Gasteiger partial charge in [-0.1, -0.05) is 48.5 Å². The van der Waals surface area contributed by atoms with Crippen LogP contribution in [-0.2, 0) is 6.54 Å². The Kier molecular flexibility index (Phi) is 3.70. The van der Waals surface area contributed by atoms with Crippen LogP contribution in [0.3, 0.4) is 0 Å². The Labute approximate surface area is 132 Å². The van der Waals surface area contributed by atoms with E-state index in [2.05, 4.69) is 58.7 Å². The summed E-state index contributed by atoms with van der Waals surface area (Å²) in [5, 5.41) is 3.54. The molecule has 2 atom stereocenters. The average Bonchev–Trinajstić information content (AvgIpc) is 2.61. The smallest absolute Gasteiger partial charge is 0.0476 e. The van der Waals surface area contributed by atoms with Crippen molar-refractivity contribution in [2.75, 3.05) is 26.2 Å². The third kappa shape index (κ3) is 2.35. The third-order valence-corrected chi connectivity index (χ3v) is 5.09. The van der Waals surface area contributed by atoms with Gasteiger partial charge in [0.05, 0.1) is 0 Å². The number of hydrogen-bond acceptors (Lipinski definition) is 3. The lowest BCUT2D eigenvalue weighted by molar-refractivity contribution is 0.143. The van der Waals surface area contributed by atoms with Gasteiger partial charge in [0, 0.05) is 44.7 Å². The van der Waals surface area contributed by atoms with Gasteiger partial charge in [-0.25, -0.2) is 0 Å². The van der Waals surface area contributed by atoms with Gasteiger partial charge in [0.15, 0.2) is 0 Å². The maximum atomic E-state index is 5.87. The minimum Gasteiger partial charge on any atom is -0.326 e. The molecular formula is C19H23N3. The fourth-order valence-corrected chi connectivity index (χ4v) is 3.93. The molecule has 2 aliphatic heterocycles. The van der Waals surface area contributed by atoms with Crippen molar-refractivity contribution < 1.29 is 0 Å². The fraction of sp³-hybridized carbons (Fsp3) is 0.368. The lowest BCUT2D eigenvalue weighted by atomic mass is 9.80. The summed E-state index contributed by atoms with van der Waals surface area (Å²) in [6, 6.07) is 18.2. The molecule has 0 spiro atoms. The second kappa shape index (κ2) is 5.84. The summed E-state index contributed by atoms with van der Waals surface area (Å²) in [5.74, 6) is 0.470. The van der Waals surface area contributed by atoms with E-state index in [0.717, 1.165) is 26.2 Å². The molecule has 2 heterocycles. The topological polar surface area (TPSA) is 41.3 Å². The first-order chi connectivity index (χ1) is 10.9. The van der Waals surface area contributed by atoms with Gasteiger partial charge in [-0.2, -0.15) is 0 Å². The Morgan fingerprint density at radius 3 is 2.77 bits per heavy atom. The van der Waals surface area contributed by atoms with Crippen LogP contribution in [0.25, 0.3) is 0 Å². The molecule has 1 fully saturated rings. The van der Waals surface area contributed by atoms with Crippen LogP contribution in [0.15, 0.2) is 48.5 Å². The SMILES string of the molecule is NCc1ccc2c(c1)[C@H]1CNCCN1C[C@@H]2c1ccccc1. The largest absolute Gasteiger partial charge is 0.326 e. The molecule has 0 bridgehead atoms. The third-order valence-electron chi connectivity index (χ3n) is 5.09. The number of nitrogens with one attached hydrogen (secondary N) is 1. The molecule has 0 saturated carbocycles. The molecule has 3 N–H and O–H groups in total. The summed E-state index contributed by atoms with van der Waals surface area (Å²) in [6.45, 7) is 4.99. The quantitative estimate of drug-likeness (QED) is 0.892. The van der Waals surface area contributed by atoms with E-state index in [-0.39, 0.29) is 0 Å². The maximum absolute atomic E-state index is 5.87. The fourth-order valence-electron chi connectivity index (χ4n) is 3.93. The Bertz CT molecular complexity index is 653. The second-order valence-corrected chi connectivity index (χ2v) is 6.35. The number of nitrogens with two attached hydrogens (primary N) is 1. The highest BCUT2D eigenvalue weighted by molar-refractivity contribution is 5.44. The van der Waals surface area contributed by atoms with E-state index in [1.54, 1.807) is 0 Å². The predicted octanol–water partition coefficient (Wildman–Crippen LogP) is 2.24. The van der Waals surface area contributed by atoms with E-state index in [0.29, 0.717) is 18.5 Å². The van der Waals surface area contributed by atoms with Gasteiger partial charge >= 0.3 is 0 Å². The van der Waals surface area contributed by atoms with Crippen LogP contribution in [-0.4, -0.2) is 31.1 Å². The Balaban J connectivity index is 1.82. The van der Waals surface area contributed by atoms with Gasteiger partial charge in [-0.3, -0.25) is 4.90 Å². The summed E-state index contributed by atoms with van der Waals surface area (Å²) in [5.41, 5.74) is 11.5. The molecule has 3 nitrogen and oxygen atoms in total. The van der Waals surface area contributed by atoms with E-state index in [1.165, 1.54) is 22.3 Å². The van der Waals surface area contributed by atoms with Gasteiger partial charge in [-0.15, -0.1) is 0 Å². The van der Waals surface area contributed by atoms with E-state index in [4.69, 9.17) is 5.73 Å². The molecule has 114 valence electrons. The number of nitrogens with zero attached hydrogens (tertiary/aromatic N) is 1. The molecule has 2 aromatic carbocycles. The van der Waals surface area contributed by atoms with Gasteiger partial charge in [0.25, 0.3) is 0 Å². The first kappa shape index (κ1) is 13.9. The molecule has 0 unspecified atom stereocenters. The monoisotopic (exact) mass is 293 g/mol. The molecule has 0 aliphatic carbocycles. The summed E-state index contributed by atoms with van der Waals surface area (Å²) in [4.78, 5) is 2.64. The minimum absolute atomic E-state index is 0.470. The van der Waals surface area contributed by atoms with E-state index < -0.39 is 0 Å². The zero-order chi connectivity index (χ0) is 14.9. The van der Waals surface area contributed by atoms with Crippen molar-refractivity contribution >= 4 is 0 Å². The lowest BCUT2D eigenvalue weighted by Crippen LogP contribution is -2.50. The van der Waals surface area contributed by atoms with Gasteiger partial charge in [0.2, 0.25) is 0 Å². The molecule has 2 aromatic rings. The van der Waals surface area contributed by atoms with Crippen molar-refractivity contribution in [1.82, 2.24) is 10.2 Å². The Morgan fingerprint density at radius 1 is 1.09 bits per heavy atom. The molecular weight excluding hydrogens is 270 g/mol. The van der Waals surface area contributed by atoms with Crippen molar-refractivity contribution in [3.63, 3.8) is 0 Å². The summed E-state index contributed by atoms with van der Waals surface area (Å²) >= 11 is 0. The Morgan fingerprint density at radius 2 is 1.95 bits per heavy atom. The van der Waals surface area contributed by atoms with Gasteiger partial charge in [-0.05, 0) is 22.3 Å². The molecule has 22 heavy (non-hydrogen) atoms.